The van der Waals surface area contributed by atoms with Gasteiger partial charge in [0.25, 0.3) is 0 Å². The van der Waals surface area contributed by atoms with Crippen LogP contribution in [0.15, 0.2) is 58.4 Å². The Morgan fingerprint density at radius 2 is 2.05 bits per heavy atom. The lowest BCUT2D eigenvalue weighted by atomic mass is 9.94. The molecule has 1 aliphatic rings. The molecule has 1 aromatic carbocycles. The molecule has 0 bridgehead atoms. The number of nitrogens with zero attached hydrogens (tertiary/aromatic N) is 3. The molecule has 1 aromatic rings. The first kappa shape index (κ1) is 32.5. The van der Waals surface area contributed by atoms with Gasteiger partial charge in [0.05, 0.1) is 5.69 Å². The maximum atomic E-state index is 14.7. The Hall–Kier alpha value is -2.71. The number of aliphatic imine (C=N–C) groups is 2. The average Bonchev–Trinajstić information content (AvgIpc) is 2.92. The maximum absolute atomic E-state index is 14.7. The quantitative estimate of drug-likeness (QED) is 0.184. The van der Waals surface area contributed by atoms with Gasteiger partial charge < -0.3 is 15.5 Å². The van der Waals surface area contributed by atoms with Crippen molar-refractivity contribution in [3.8, 4) is 0 Å². The van der Waals surface area contributed by atoms with E-state index in [1.165, 1.54) is 6.07 Å². The van der Waals surface area contributed by atoms with E-state index in [0.29, 0.717) is 19.4 Å². The summed E-state index contributed by atoms with van der Waals surface area (Å²) in [5.74, 6) is -0.0393. The van der Waals surface area contributed by atoms with Crippen LogP contribution < -0.4 is 10.6 Å². The second-order valence-electron chi connectivity index (χ2n) is 10.1. The van der Waals surface area contributed by atoms with E-state index in [1.807, 2.05) is 38.9 Å². The molecule has 1 heterocycles. The van der Waals surface area contributed by atoms with Gasteiger partial charge in [-0.05, 0) is 94.0 Å². The van der Waals surface area contributed by atoms with E-state index in [1.54, 1.807) is 30.2 Å². The second-order valence-corrected chi connectivity index (χ2v) is 11.4. The lowest BCUT2D eigenvalue weighted by molar-refractivity contribution is -0.132. The molecule has 0 saturated carbocycles. The van der Waals surface area contributed by atoms with Crippen molar-refractivity contribution in [2.24, 2.45) is 9.98 Å². The molecule has 1 fully saturated rings. The fourth-order valence-electron chi connectivity index (χ4n) is 4.66. The van der Waals surface area contributed by atoms with Gasteiger partial charge >= 0.3 is 0 Å². The number of amides is 1. The number of rotatable bonds is 16. The number of allylic oxidation sites excluding steroid dienone is 3. The summed E-state index contributed by atoms with van der Waals surface area (Å²) in [6, 6.07) is 3.25. The van der Waals surface area contributed by atoms with Crippen LogP contribution in [0, 0.1) is 5.82 Å². The fourth-order valence-corrected chi connectivity index (χ4v) is 5.47. The molecular weight excluding hydrogens is 509 g/mol. The largest absolute Gasteiger partial charge is 0.392 e. The van der Waals surface area contributed by atoms with Gasteiger partial charge in [-0.2, -0.15) is 11.8 Å². The summed E-state index contributed by atoms with van der Waals surface area (Å²) in [6.45, 7) is 15.8. The molecule has 0 aromatic heterocycles. The minimum Gasteiger partial charge on any atom is -0.392 e. The van der Waals surface area contributed by atoms with E-state index < -0.39 is 0 Å². The van der Waals surface area contributed by atoms with E-state index in [0.717, 1.165) is 79.0 Å². The molecule has 0 radical (unpaired) electrons. The zero-order chi connectivity index (χ0) is 28.8. The summed E-state index contributed by atoms with van der Waals surface area (Å²) in [5.41, 5.74) is 5.23. The monoisotopic (exact) mass is 555 g/mol. The van der Waals surface area contributed by atoms with Gasteiger partial charge in [-0.1, -0.05) is 20.1 Å². The topological polar surface area (TPSA) is 69.1 Å². The highest BCUT2D eigenvalue weighted by Gasteiger charge is 2.38. The number of thioether (sulfide) groups is 1. The zero-order valence-electron chi connectivity index (χ0n) is 24.4. The molecule has 39 heavy (non-hydrogen) atoms. The van der Waals surface area contributed by atoms with Crippen molar-refractivity contribution in [1.82, 2.24) is 15.5 Å². The van der Waals surface area contributed by atoms with Crippen molar-refractivity contribution in [1.29, 1.82) is 0 Å². The minimum atomic E-state index is -0.170. The number of hydrogen-bond acceptors (Lipinski definition) is 6. The molecule has 0 aliphatic carbocycles. The number of benzene rings is 1. The summed E-state index contributed by atoms with van der Waals surface area (Å²) in [6.07, 6.45) is 12.6. The summed E-state index contributed by atoms with van der Waals surface area (Å²) < 4.78 is 14.5. The molecule has 2 N–H and O–H groups in total. The van der Waals surface area contributed by atoms with E-state index in [-0.39, 0.29) is 16.5 Å². The second kappa shape index (κ2) is 16.4. The van der Waals surface area contributed by atoms with Crippen LogP contribution >= 0.6 is 11.8 Å². The van der Waals surface area contributed by atoms with E-state index in [4.69, 9.17) is 0 Å². The summed E-state index contributed by atoms with van der Waals surface area (Å²) in [4.78, 5) is 23.8. The number of hydrogen-bond donors (Lipinski definition) is 2. The highest BCUT2D eigenvalue weighted by Crippen LogP contribution is 2.36. The van der Waals surface area contributed by atoms with Gasteiger partial charge in [0, 0.05) is 61.3 Å². The lowest BCUT2D eigenvalue weighted by Gasteiger charge is -2.40. The Morgan fingerprint density at radius 1 is 1.28 bits per heavy atom. The molecule has 6 nitrogen and oxygen atoms in total. The predicted molar refractivity (Wildman–Crippen MR) is 167 cm³/mol. The van der Waals surface area contributed by atoms with Gasteiger partial charge in [0.1, 0.15) is 5.82 Å². The normalized spacial score (nSPS) is 18.4. The van der Waals surface area contributed by atoms with Crippen molar-refractivity contribution < 1.29 is 9.18 Å². The van der Waals surface area contributed by atoms with Crippen LogP contribution in [0.4, 0.5) is 10.1 Å². The summed E-state index contributed by atoms with van der Waals surface area (Å²) in [7, 11) is 1.86. The van der Waals surface area contributed by atoms with Crippen molar-refractivity contribution in [2.75, 3.05) is 32.9 Å². The minimum absolute atomic E-state index is 0.131. The molecule has 1 saturated heterocycles. The van der Waals surface area contributed by atoms with Crippen molar-refractivity contribution in [3.05, 3.63) is 65.4 Å². The fraction of sp³-hybridized carbons (Fsp3) is 0.516. The smallest absolute Gasteiger partial charge is 0.228 e. The third-order valence-electron chi connectivity index (χ3n) is 7.07. The van der Waals surface area contributed by atoms with E-state index in [2.05, 4.69) is 40.0 Å². The first-order valence-corrected chi connectivity index (χ1v) is 15.0. The lowest BCUT2D eigenvalue weighted by Crippen LogP contribution is -2.50. The zero-order valence-corrected chi connectivity index (χ0v) is 25.2. The molecule has 1 amide bonds. The highest BCUT2D eigenvalue weighted by atomic mass is 32.2. The average molecular weight is 556 g/mol. The van der Waals surface area contributed by atoms with Crippen molar-refractivity contribution in [3.63, 3.8) is 0 Å². The number of carbonyl (C=O) groups excluding carboxylic acids is 1. The molecular formula is C31H46FN5OS. The van der Waals surface area contributed by atoms with Crippen LogP contribution in [0.3, 0.4) is 0 Å². The standard InChI is InChI=1S/C31H46FN5OS/c1-8-26-27(28(32)13-14-29(26)36-20-23(2)3)12-10-17-35-22-31(39-7)15-18-37(30(38)19-31)25(5)21-34-16-9-11-24(4)33-6/h13-14,16,20-21,33,35H,2,4,8-12,15,17-19,22H2,1,3,5-7H3/b25-21+,34-16+,36-20-/t31-/m1/s1. The molecule has 214 valence electrons. The van der Waals surface area contributed by atoms with Gasteiger partial charge in [-0.15, -0.1) is 0 Å². The van der Waals surface area contributed by atoms with Crippen LogP contribution in [0.1, 0.15) is 64.0 Å². The van der Waals surface area contributed by atoms with Crippen LogP contribution in [0.2, 0.25) is 0 Å². The van der Waals surface area contributed by atoms with Crippen LogP contribution in [-0.2, 0) is 17.6 Å². The number of likely N-dealkylation sites (tertiary alicyclic amines) is 1. The SMILES string of the molecule is C=C(C)/C=N\c1ccc(F)c(CCCNC[C@@]2(SC)CCN(/C(C)=C/N=C/CCC(=C)NC)C(=O)C2)c1CC. The Labute approximate surface area is 239 Å². The highest BCUT2D eigenvalue weighted by molar-refractivity contribution is 8.00. The Balaban J connectivity index is 1.89. The van der Waals surface area contributed by atoms with Gasteiger partial charge in [0.15, 0.2) is 0 Å². The molecule has 1 atom stereocenters. The van der Waals surface area contributed by atoms with Crippen molar-refractivity contribution >= 4 is 35.8 Å². The van der Waals surface area contributed by atoms with Gasteiger partial charge in [0.2, 0.25) is 5.91 Å². The Morgan fingerprint density at radius 3 is 2.69 bits per heavy atom. The predicted octanol–water partition coefficient (Wildman–Crippen LogP) is 6.36. The Kier molecular flexibility index (Phi) is 13.7. The first-order chi connectivity index (χ1) is 18.7. The number of carbonyl (C=O) groups is 1. The third-order valence-corrected chi connectivity index (χ3v) is 8.43. The molecule has 8 heteroatoms. The summed E-state index contributed by atoms with van der Waals surface area (Å²) in [5, 5.41) is 6.58. The number of halogens is 1. The van der Waals surface area contributed by atoms with Crippen LogP contribution in [0.25, 0.3) is 0 Å². The van der Waals surface area contributed by atoms with Crippen molar-refractivity contribution in [2.45, 2.75) is 70.5 Å². The molecule has 2 rings (SSSR count). The van der Waals surface area contributed by atoms with Gasteiger partial charge in [-0.3, -0.25) is 14.8 Å². The molecule has 0 unspecified atom stereocenters. The summed E-state index contributed by atoms with van der Waals surface area (Å²) >= 11 is 1.76. The number of piperidine rings is 1. The molecule has 1 aliphatic heterocycles. The Bertz CT molecular complexity index is 1100. The number of nitrogens with one attached hydrogen (secondary N) is 2. The van der Waals surface area contributed by atoms with Crippen LogP contribution in [-0.4, -0.2) is 60.9 Å². The molecule has 0 spiro atoms. The first-order valence-electron chi connectivity index (χ1n) is 13.8. The van der Waals surface area contributed by atoms with Crippen LogP contribution in [0.5, 0.6) is 0 Å². The van der Waals surface area contributed by atoms with E-state index >= 15 is 0 Å². The third kappa shape index (κ3) is 10.1. The van der Waals surface area contributed by atoms with E-state index in [9.17, 15) is 9.18 Å². The maximum Gasteiger partial charge on any atom is 0.228 e. The van der Waals surface area contributed by atoms with Gasteiger partial charge in [-0.25, -0.2) is 4.39 Å².